The van der Waals surface area contributed by atoms with Crippen LogP contribution in [0.25, 0.3) is 5.76 Å². The topological polar surface area (TPSA) is 107 Å². The third kappa shape index (κ3) is 5.18. The quantitative estimate of drug-likeness (QED) is 0.331. The molecule has 0 spiro atoms. The third-order valence-electron chi connectivity index (χ3n) is 6.25. The fraction of sp³-hybridized carbons (Fsp3) is 0.360. The largest absolute Gasteiger partial charge is 0.507 e. The molecule has 36 heavy (non-hydrogen) atoms. The van der Waals surface area contributed by atoms with Gasteiger partial charge in [-0.15, -0.1) is 0 Å². The Morgan fingerprint density at radius 3 is 2.25 bits per heavy atom. The summed E-state index contributed by atoms with van der Waals surface area (Å²) in [7, 11) is 0.00704. The minimum atomic E-state index is -3.72. The Bertz CT molecular complexity index is 1270. The van der Waals surface area contributed by atoms with Gasteiger partial charge in [0.15, 0.2) is 0 Å². The van der Waals surface area contributed by atoms with Crippen LogP contribution < -0.4 is 0 Å². The number of carbonyl (C=O) groups excluding carboxylic acids is 2. The number of hydrogen-bond donors (Lipinski definition) is 1. The zero-order valence-electron chi connectivity index (χ0n) is 20.1. The Labute approximate surface area is 215 Å². The number of sulfonamides is 1. The van der Waals surface area contributed by atoms with Crippen molar-refractivity contribution < 1.29 is 27.9 Å². The number of Topliss-reactive ketones (excluding diaryl/α,β-unsaturated/α-hetero) is 1. The molecule has 2 aromatic carbocycles. The van der Waals surface area contributed by atoms with Crippen LogP contribution in [0, 0.1) is 0 Å². The molecule has 0 aromatic heterocycles. The number of aliphatic hydroxyl groups is 1. The molecule has 192 valence electrons. The number of likely N-dealkylation sites (tertiary alicyclic amines) is 1. The van der Waals surface area contributed by atoms with Gasteiger partial charge >= 0.3 is 0 Å². The van der Waals surface area contributed by atoms with Crippen LogP contribution in [0.2, 0.25) is 5.02 Å². The smallest absolute Gasteiger partial charge is 0.295 e. The van der Waals surface area contributed by atoms with Crippen LogP contribution >= 0.6 is 11.6 Å². The Balaban J connectivity index is 1.73. The Morgan fingerprint density at radius 1 is 1.06 bits per heavy atom. The highest BCUT2D eigenvalue weighted by Crippen LogP contribution is 2.39. The van der Waals surface area contributed by atoms with Gasteiger partial charge in [-0.05, 0) is 56.1 Å². The number of halogens is 1. The molecule has 2 heterocycles. The maximum Gasteiger partial charge on any atom is 0.295 e. The summed E-state index contributed by atoms with van der Waals surface area (Å²) in [6, 6.07) is 11.6. The highest BCUT2D eigenvalue weighted by Gasteiger charge is 2.45. The highest BCUT2D eigenvalue weighted by atomic mass is 35.5. The summed E-state index contributed by atoms with van der Waals surface area (Å²) in [5.41, 5.74) is 0.816. The van der Waals surface area contributed by atoms with E-state index in [1.54, 1.807) is 24.3 Å². The van der Waals surface area contributed by atoms with Crippen LogP contribution in [0.1, 0.15) is 17.2 Å². The minimum absolute atomic E-state index is 0.0511. The lowest BCUT2D eigenvalue weighted by Gasteiger charge is -2.27. The first-order valence-electron chi connectivity index (χ1n) is 11.5. The molecule has 2 aliphatic rings. The molecule has 0 aliphatic carbocycles. The van der Waals surface area contributed by atoms with Crippen molar-refractivity contribution in [3.05, 3.63) is 70.3 Å². The van der Waals surface area contributed by atoms with Crippen LogP contribution in [-0.2, 0) is 24.3 Å². The first-order chi connectivity index (χ1) is 17.1. The second kappa shape index (κ2) is 10.7. The van der Waals surface area contributed by atoms with E-state index in [0.29, 0.717) is 30.3 Å². The fourth-order valence-electron chi connectivity index (χ4n) is 4.29. The average Bonchev–Trinajstić information content (AvgIpc) is 3.13. The standard InChI is InChI=1S/C25H28ClN3O6S/c1-27(2)11-12-29-22(17-3-7-19(26)8-4-17)21(24(31)25(29)32)23(30)18-5-9-20(10-6-18)36(33,34)28-13-15-35-16-14-28/h3-10,22,30H,11-16H2,1-2H3/b23-21+/t22-/m1/s1. The maximum atomic E-state index is 13.1. The average molecular weight is 534 g/mol. The molecule has 2 saturated heterocycles. The third-order valence-corrected chi connectivity index (χ3v) is 8.41. The number of amides is 1. The van der Waals surface area contributed by atoms with Crippen molar-refractivity contribution in [3.63, 3.8) is 0 Å². The van der Waals surface area contributed by atoms with Gasteiger partial charge in [0.1, 0.15) is 5.76 Å². The minimum Gasteiger partial charge on any atom is -0.507 e. The van der Waals surface area contributed by atoms with E-state index in [-0.39, 0.29) is 41.4 Å². The monoisotopic (exact) mass is 533 g/mol. The Morgan fingerprint density at radius 2 is 1.67 bits per heavy atom. The van der Waals surface area contributed by atoms with Gasteiger partial charge in [0.2, 0.25) is 10.0 Å². The molecular formula is C25H28ClN3O6S. The molecule has 1 atom stereocenters. The Kier molecular flexibility index (Phi) is 7.82. The zero-order valence-corrected chi connectivity index (χ0v) is 21.6. The van der Waals surface area contributed by atoms with Crippen LogP contribution in [0.5, 0.6) is 0 Å². The first-order valence-corrected chi connectivity index (χ1v) is 13.3. The van der Waals surface area contributed by atoms with Gasteiger partial charge < -0.3 is 19.6 Å². The maximum absolute atomic E-state index is 13.1. The first kappa shape index (κ1) is 26.3. The van der Waals surface area contributed by atoms with Gasteiger partial charge in [-0.1, -0.05) is 23.7 Å². The van der Waals surface area contributed by atoms with E-state index in [0.717, 1.165) is 0 Å². The van der Waals surface area contributed by atoms with E-state index in [9.17, 15) is 23.1 Å². The molecular weight excluding hydrogens is 506 g/mol. The van der Waals surface area contributed by atoms with Crippen molar-refractivity contribution in [3.8, 4) is 0 Å². The summed E-state index contributed by atoms with van der Waals surface area (Å²) in [5, 5.41) is 11.7. The predicted octanol–water partition coefficient (Wildman–Crippen LogP) is 2.34. The van der Waals surface area contributed by atoms with E-state index in [1.165, 1.54) is 33.5 Å². The van der Waals surface area contributed by atoms with Gasteiger partial charge in [0.25, 0.3) is 11.7 Å². The lowest BCUT2D eigenvalue weighted by Crippen LogP contribution is -2.40. The van der Waals surface area contributed by atoms with Gasteiger partial charge in [-0.25, -0.2) is 8.42 Å². The van der Waals surface area contributed by atoms with Crippen molar-refractivity contribution in [2.24, 2.45) is 0 Å². The number of aliphatic hydroxyl groups excluding tert-OH is 1. The molecule has 2 aromatic rings. The molecule has 2 aliphatic heterocycles. The molecule has 9 nitrogen and oxygen atoms in total. The summed E-state index contributed by atoms with van der Waals surface area (Å²) in [6.45, 7) is 1.99. The molecule has 4 rings (SSSR count). The molecule has 0 saturated carbocycles. The Hall–Kier alpha value is -2.76. The molecule has 1 amide bonds. The summed E-state index contributed by atoms with van der Waals surface area (Å²) >= 11 is 6.04. The van der Waals surface area contributed by atoms with Gasteiger partial charge in [-0.3, -0.25) is 9.59 Å². The molecule has 11 heteroatoms. The SMILES string of the molecule is CN(C)CCN1C(=O)C(=O)/C(=C(/O)c2ccc(S(=O)(=O)N3CCOCC3)cc2)[C@H]1c1ccc(Cl)cc1. The lowest BCUT2D eigenvalue weighted by atomic mass is 9.95. The second-order valence-corrected chi connectivity index (χ2v) is 11.3. The predicted molar refractivity (Wildman–Crippen MR) is 135 cm³/mol. The van der Waals surface area contributed by atoms with Crippen molar-refractivity contribution in [2.45, 2.75) is 10.9 Å². The summed E-state index contributed by atoms with van der Waals surface area (Å²) in [4.78, 5) is 29.5. The number of hydrogen-bond acceptors (Lipinski definition) is 7. The van der Waals surface area contributed by atoms with E-state index in [2.05, 4.69) is 0 Å². The van der Waals surface area contributed by atoms with Crippen LogP contribution in [0.3, 0.4) is 0 Å². The van der Waals surface area contributed by atoms with Gasteiger partial charge in [0, 0.05) is 36.8 Å². The van der Waals surface area contributed by atoms with E-state index < -0.39 is 27.8 Å². The zero-order chi connectivity index (χ0) is 26.0. The number of ether oxygens (including phenoxy) is 1. The lowest BCUT2D eigenvalue weighted by molar-refractivity contribution is -0.140. The number of rotatable bonds is 7. The molecule has 1 N–H and O–H groups in total. The summed E-state index contributed by atoms with van der Waals surface area (Å²) in [6.07, 6.45) is 0. The number of morpholine rings is 1. The van der Waals surface area contributed by atoms with E-state index in [4.69, 9.17) is 16.3 Å². The molecule has 0 bridgehead atoms. The van der Waals surface area contributed by atoms with Gasteiger partial charge in [0.05, 0.1) is 29.7 Å². The van der Waals surface area contributed by atoms with Crippen molar-refractivity contribution in [1.29, 1.82) is 0 Å². The van der Waals surface area contributed by atoms with Crippen LogP contribution in [-0.4, -0.2) is 92.8 Å². The van der Waals surface area contributed by atoms with Crippen molar-refractivity contribution in [1.82, 2.24) is 14.1 Å². The van der Waals surface area contributed by atoms with E-state index >= 15 is 0 Å². The number of benzene rings is 2. The summed E-state index contributed by atoms with van der Waals surface area (Å²) < 4.78 is 32.4. The second-order valence-electron chi connectivity index (χ2n) is 8.89. The number of carbonyl (C=O) groups is 2. The highest BCUT2D eigenvalue weighted by molar-refractivity contribution is 7.89. The number of nitrogens with zero attached hydrogens (tertiary/aromatic N) is 3. The van der Waals surface area contributed by atoms with Crippen LogP contribution in [0.4, 0.5) is 0 Å². The number of likely N-dealkylation sites (N-methyl/N-ethyl adjacent to an activating group) is 1. The van der Waals surface area contributed by atoms with Crippen molar-refractivity contribution >= 4 is 39.1 Å². The molecule has 2 fully saturated rings. The van der Waals surface area contributed by atoms with Crippen molar-refractivity contribution in [2.75, 3.05) is 53.5 Å². The molecule has 0 unspecified atom stereocenters. The fourth-order valence-corrected chi connectivity index (χ4v) is 5.82. The van der Waals surface area contributed by atoms with Gasteiger partial charge in [-0.2, -0.15) is 4.31 Å². The van der Waals surface area contributed by atoms with Crippen LogP contribution in [0.15, 0.2) is 59.0 Å². The summed E-state index contributed by atoms with van der Waals surface area (Å²) in [5.74, 6) is -1.86. The normalized spacial score (nSPS) is 20.9. The molecule has 0 radical (unpaired) electrons. The van der Waals surface area contributed by atoms with E-state index in [1.807, 2.05) is 19.0 Å². The number of ketones is 1.